The van der Waals surface area contributed by atoms with E-state index in [9.17, 15) is 9.59 Å². The second kappa shape index (κ2) is 10.3. The number of allylic oxidation sites excluding steroid dienone is 2. The Balaban J connectivity index is 1.47. The third-order valence-electron chi connectivity index (χ3n) is 6.82. The fourth-order valence-electron chi connectivity index (χ4n) is 5.06. The maximum atomic E-state index is 13.1. The van der Waals surface area contributed by atoms with Crippen LogP contribution < -0.4 is 10.9 Å². The molecule has 3 heterocycles. The maximum absolute atomic E-state index is 13.1. The molecule has 1 aliphatic carbocycles. The molecule has 0 aromatic carbocycles. The molecule has 2 aromatic heterocycles. The number of H-pyrrole nitrogens is 1. The molecule has 172 valence electrons. The minimum absolute atomic E-state index is 0.0864. The van der Waals surface area contributed by atoms with Gasteiger partial charge < -0.3 is 10.2 Å². The molecule has 2 aliphatic rings. The molecule has 1 amide bonds. The lowest BCUT2D eigenvalue weighted by Crippen LogP contribution is -2.38. The van der Waals surface area contributed by atoms with Gasteiger partial charge in [0.05, 0.1) is 0 Å². The Hall–Kier alpha value is -2.67. The lowest BCUT2D eigenvalue weighted by atomic mass is 9.90. The van der Waals surface area contributed by atoms with E-state index < -0.39 is 0 Å². The zero-order valence-corrected chi connectivity index (χ0v) is 19.1. The first-order chi connectivity index (χ1) is 15.5. The SMILES string of the molecule is C=CCNC(=O)CCc1c(C)nc2cc(C3CCCN(CC4CC=CCC4)C3)[nH]n2c1=O. The van der Waals surface area contributed by atoms with Gasteiger partial charge in [-0.1, -0.05) is 18.2 Å². The number of rotatable bonds is 8. The first kappa shape index (κ1) is 22.5. The maximum Gasteiger partial charge on any atom is 0.276 e. The van der Waals surface area contributed by atoms with Crippen LogP contribution in [0.15, 0.2) is 35.7 Å². The molecule has 1 saturated heterocycles. The Kier molecular flexibility index (Phi) is 7.25. The van der Waals surface area contributed by atoms with E-state index in [1.54, 1.807) is 10.6 Å². The van der Waals surface area contributed by atoms with Gasteiger partial charge in [-0.05, 0) is 57.9 Å². The molecule has 2 aromatic rings. The van der Waals surface area contributed by atoms with Crippen molar-refractivity contribution >= 4 is 11.6 Å². The molecule has 0 bridgehead atoms. The van der Waals surface area contributed by atoms with E-state index in [2.05, 4.69) is 39.0 Å². The molecular formula is C25H35N5O2. The molecule has 0 radical (unpaired) electrons. The van der Waals surface area contributed by atoms with E-state index in [0.717, 1.165) is 37.7 Å². The highest BCUT2D eigenvalue weighted by atomic mass is 16.1. The predicted molar refractivity (Wildman–Crippen MR) is 127 cm³/mol. The number of aromatic amines is 1. The van der Waals surface area contributed by atoms with Crippen molar-refractivity contribution in [2.24, 2.45) is 5.92 Å². The first-order valence-corrected chi connectivity index (χ1v) is 11.9. The van der Waals surface area contributed by atoms with Crippen molar-refractivity contribution in [1.82, 2.24) is 24.8 Å². The number of hydrogen-bond donors (Lipinski definition) is 2. The van der Waals surface area contributed by atoms with Crippen molar-refractivity contribution in [1.29, 1.82) is 0 Å². The largest absolute Gasteiger partial charge is 0.353 e. The Morgan fingerprint density at radius 2 is 2.25 bits per heavy atom. The van der Waals surface area contributed by atoms with Crippen LogP contribution >= 0.6 is 0 Å². The number of nitrogens with zero attached hydrogens (tertiary/aromatic N) is 3. The summed E-state index contributed by atoms with van der Waals surface area (Å²) in [4.78, 5) is 32.3. The summed E-state index contributed by atoms with van der Waals surface area (Å²) < 4.78 is 1.56. The van der Waals surface area contributed by atoms with Gasteiger partial charge in [0.1, 0.15) is 0 Å². The van der Waals surface area contributed by atoms with Crippen molar-refractivity contribution < 1.29 is 4.79 Å². The van der Waals surface area contributed by atoms with Crippen molar-refractivity contribution in [3.63, 3.8) is 0 Å². The zero-order chi connectivity index (χ0) is 22.5. The summed E-state index contributed by atoms with van der Waals surface area (Å²) >= 11 is 0. The average molecular weight is 438 g/mol. The lowest BCUT2D eigenvalue weighted by Gasteiger charge is -2.35. The summed E-state index contributed by atoms with van der Waals surface area (Å²) in [6.07, 6.45) is 12.9. The van der Waals surface area contributed by atoms with Gasteiger partial charge in [-0.25, -0.2) is 9.50 Å². The van der Waals surface area contributed by atoms with E-state index in [1.807, 2.05) is 13.0 Å². The minimum Gasteiger partial charge on any atom is -0.353 e. The highest BCUT2D eigenvalue weighted by molar-refractivity contribution is 5.76. The quantitative estimate of drug-likeness (QED) is 0.622. The van der Waals surface area contributed by atoms with Gasteiger partial charge in [0.15, 0.2) is 5.65 Å². The van der Waals surface area contributed by atoms with Crippen LogP contribution in [0.2, 0.25) is 0 Å². The van der Waals surface area contributed by atoms with Crippen LogP contribution in [0.4, 0.5) is 0 Å². The Labute approximate surface area is 189 Å². The van der Waals surface area contributed by atoms with E-state index in [4.69, 9.17) is 0 Å². The Morgan fingerprint density at radius 3 is 3.03 bits per heavy atom. The normalized spacial score (nSPS) is 21.7. The number of amides is 1. The number of aromatic nitrogens is 3. The standard InChI is InChI=1S/C25H35N5O2/c1-3-13-26-24(31)12-11-21-18(2)27-23-15-22(28-30(23)25(21)32)20-10-7-14-29(17-20)16-19-8-5-4-6-9-19/h3-5,15,19-20,28H,1,6-14,16-17H2,2H3,(H,26,31). The topological polar surface area (TPSA) is 82.5 Å². The number of likely N-dealkylation sites (tertiary alicyclic amines) is 1. The van der Waals surface area contributed by atoms with Crippen molar-refractivity contribution in [2.75, 3.05) is 26.2 Å². The third-order valence-corrected chi connectivity index (χ3v) is 6.82. The number of fused-ring (bicyclic) bond motifs is 1. The van der Waals surface area contributed by atoms with Gasteiger partial charge in [-0.15, -0.1) is 6.58 Å². The molecule has 1 fully saturated rings. The Bertz CT molecular complexity index is 1050. The second-order valence-corrected chi connectivity index (χ2v) is 9.23. The average Bonchev–Trinajstić information content (AvgIpc) is 3.22. The molecule has 7 nitrogen and oxygen atoms in total. The van der Waals surface area contributed by atoms with Gasteiger partial charge in [-0.2, -0.15) is 0 Å². The predicted octanol–water partition coefficient (Wildman–Crippen LogP) is 3.10. The van der Waals surface area contributed by atoms with Crippen molar-refractivity contribution in [3.8, 4) is 0 Å². The molecule has 4 rings (SSSR count). The fourth-order valence-corrected chi connectivity index (χ4v) is 5.06. The third kappa shape index (κ3) is 5.21. The molecule has 1 aliphatic heterocycles. The molecule has 7 heteroatoms. The smallest absolute Gasteiger partial charge is 0.276 e. The molecule has 0 spiro atoms. The highest BCUT2D eigenvalue weighted by Crippen LogP contribution is 2.28. The summed E-state index contributed by atoms with van der Waals surface area (Å²) in [6, 6.07) is 2.03. The van der Waals surface area contributed by atoms with Crippen LogP contribution in [0.25, 0.3) is 5.65 Å². The summed E-state index contributed by atoms with van der Waals surface area (Å²) in [6.45, 7) is 9.23. The number of hydrogen-bond acceptors (Lipinski definition) is 4. The van der Waals surface area contributed by atoms with Crippen LogP contribution in [0.5, 0.6) is 0 Å². The van der Waals surface area contributed by atoms with E-state index in [0.29, 0.717) is 35.8 Å². The number of carbonyl (C=O) groups excluding carboxylic acids is 1. The van der Waals surface area contributed by atoms with Gasteiger partial charge in [-0.3, -0.25) is 14.7 Å². The first-order valence-electron chi connectivity index (χ1n) is 11.9. The molecular weight excluding hydrogens is 402 g/mol. The number of nitrogens with one attached hydrogen (secondary N) is 2. The van der Waals surface area contributed by atoms with E-state index in [-0.39, 0.29) is 17.9 Å². The summed E-state index contributed by atoms with van der Waals surface area (Å²) in [5, 5.41) is 6.09. The van der Waals surface area contributed by atoms with Crippen LogP contribution in [0, 0.1) is 12.8 Å². The molecule has 0 saturated carbocycles. The van der Waals surface area contributed by atoms with Crippen molar-refractivity contribution in [3.05, 3.63) is 58.2 Å². The molecule has 2 N–H and O–H groups in total. The molecule has 2 unspecified atom stereocenters. The Morgan fingerprint density at radius 1 is 1.38 bits per heavy atom. The second-order valence-electron chi connectivity index (χ2n) is 9.23. The highest BCUT2D eigenvalue weighted by Gasteiger charge is 2.25. The summed E-state index contributed by atoms with van der Waals surface area (Å²) in [5.74, 6) is 1.06. The summed E-state index contributed by atoms with van der Waals surface area (Å²) in [5.41, 5.74) is 2.95. The molecule has 2 atom stereocenters. The van der Waals surface area contributed by atoms with E-state index in [1.165, 1.54) is 25.7 Å². The molecule has 32 heavy (non-hydrogen) atoms. The van der Waals surface area contributed by atoms with Gasteiger partial charge in [0, 0.05) is 55.0 Å². The number of piperidine rings is 1. The van der Waals surface area contributed by atoms with Crippen LogP contribution in [-0.4, -0.2) is 51.6 Å². The fraction of sp³-hybridized carbons (Fsp3) is 0.560. The van der Waals surface area contributed by atoms with Crippen molar-refractivity contribution in [2.45, 2.75) is 57.8 Å². The van der Waals surface area contributed by atoms with Gasteiger partial charge >= 0.3 is 0 Å². The lowest BCUT2D eigenvalue weighted by molar-refractivity contribution is -0.120. The monoisotopic (exact) mass is 437 g/mol. The van der Waals surface area contributed by atoms with Gasteiger partial charge in [0.25, 0.3) is 5.56 Å². The zero-order valence-electron chi connectivity index (χ0n) is 19.1. The van der Waals surface area contributed by atoms with Crippen LogP contribution in [-0.2, 0) is 11.2 Å². The van der Waals surface area contributed by atoms with Crippen LogP contribution in [0.3, 0.4) is 0 Å². The number of aryl methyl sites for hydroxylation is 1. The minimum atomic E-state index is -0.100. The summed E-state index contributed by atoms with van der Waals surface area (Å²) in [7, 11) is 0. The number of carbonyl (C=O) groups is 1. The van der Waals surface area contributed by atoms with E-state index >= 15 is 0 Å². The van der Waals surface area contributed by atoms with Gasteiger partial charge in [0.2, 0.25) is 5.91 Å². The van der Waals surface area contributed by atoms with Crippen LogP contribution in [0.1, 0.15) is 61.4 Å².